The molecule has 2 aromatic heterocycles. The van der Waals surface area contributed by atoms with Gasteiger partial charge in [-0.05, 0) is 49.2 Å². The minimum Gasteiger partial charge on any atom is -0.331 e. The lowest BCUT2D eigenvalue weighted by molar-refractivity contribution is -0.138. The van der Waals surface area contributed by atoms with E-state index in [0.717, 1.165) is 24.3 Å². The molecule has 5 N–H and O–H groups in total. The SMILES string of the molecule is CC(NC(=O)Nc1cc2[nH]nc(NC(=O)NC(C)c3ccc(Cl)c(C(F)(F)F)c3)c2cn1)c1ccc(Cl)c(C(F)(F)F)c1. The number of pyridine rings is 1. The van der Waals surface area contributed by atoms with Crippen LogP contribution in [0.15, 0.2) is 48.7 Å². The topological polar surface area (TPSA) is 124 Å². The van der Waals surface area contributed by atoms with Crippen molar-refractivity contribution >= 4 is 57.8 Å². The number of benzene rings is 2. The second kappa shape index (κ2) is 12.2. The van der Waals surface area contributed by atoms with E-state index in [2.05, 4.69) is 36.4 Å². The molecule has 0 aliphatic carbocycles. The van der Waals surface area contributed by atoms with E-state index < -0.39 is 57.7 Å². The zero-order valence-electron chi connectivity index (χ0n) is 22.0. The number of halogens is 8. The first-order chi connectivity index (χ1) is 20.0. The number of anilines is 2. The quantitative estimate of drug-likeness (QED) is 0.136. The Morgan fingerprint density at radius 2 is 1.28 bits per heavy atom. The summed E-state index contributed by atoms with van der Waals surface area (Å²) in [4.78, 5) is 29.1. The van der Waals surface area contributed by atoms with Crippen LogP contribution in [0.5, 0.6) is 0 Å². The van der Waals surface area contributed by atoms with Crippen LogP contribution in [0.3, 0.4) is 0 Å². The van der Waals surface area contributed by atoms with E-state index in [1.165, 1.54) is 38.2 Å². The molecule has 4 aromatic rings. The van der Waals surface area contributed by atoms with Gasteiger partial charge in [0.1, 0.15) is 5.82 Å². The molecule has 4 amide bonds. The van der Waals surface area contributed by atoms with E-state index in [1.54, 1.807) is 0 Å². The number of carbonyl (C=O) groups excluding carboxylic acids is 2. The number of urea groups is 2. The number of hydrogen-bond acceptors (Lipinski definition) is 4. The van der Waals surface area contributed by atoms with Gasteiger partial charge in [-0.15, -0.1) is 0 Å². The number of alkyl halides is 6. The summed E-state index contributed by atoms with van der Waals surface area (Å²) >= 11 is 11.3. The fourth-order valence-electron chi connectivity index (χ4n) is 3.99. The summed E-state index contributed by atoms with van der Waals surface area (Å²) in [6.07, 6.45) is -8.04. The second-order valence-corrected chi connectivity index (χ2v) is 10.1. The van der Waals surface area contributed by atoms with Gasteiger partial charge in [0.15, 0.2) is 5.82 Å². The monoisotopic (exact) mass is 647 g/mol. The van der Waals surface area contributed by atoms with E-state index in [-0.39, 0.29) is 22.8 Å². The number of hydrogen-bond donors (Lipinski definition) is 5. The van der Waals surface area contributed by atoms with Crippen molar-refractivity contribution in [3.8, 4) is 0 Å². The highest BCUT2D eigenvalue weighted by molar-refractivity contribution is 6.31. The zero-order valence-corrected chi connectivity index (χ0v) is 23.5. The van der Waals surface area contributed by atoms with Gasteiger partial charge in [-0.2, -0.15) is 31.4 Å². The Bertz CT molecular complexity index is 1680. The van der Waals surface area contributed by atoms with E-state index >= 15 is 0 Å². The van der Waals surface area contributed by atoms with E-state index in [9.17, 15) is 35.9 Å². The molecule has 9 nitrogen and oxygen atoms in total. The zero-order chi connectivity index (χ0) is 31.7. The lowest BCUT2D eigenvalue weighted by Crippen LogP contribution is -2.31. The van der Waals surface area contributed by atoms with Crippen LogP contribution in [-0.4, -0.2) is 27.2 Å². The highest BCUT2D eigenvalue weighted by Gasteiger charge is 2.34. The average molecular weight is 648 g/mol. The van der Waals surface area contributed by atoms with Gasteiger partial charge in [0, 0.05) is 12.3 Å². The fraction of sp³-hybridized carbons (Fsp3) is 0.231. The van der Waals surface area contributed by atoms with Gasteiger partial charge in [0.05, 0.1) is 44.2 Å². The number of nitrogens with zero attached hydrogens (tertiary/aromatic N) is 2. The summed E-state index contributed by atoms with van der Waals surface area (Å²) in [6, 6.07) is 4.83. The average Bonchev–Trinajstić information content (AvgIpc) is 3.29. The Morgan fingerprint density at radius 1 is 0.791 bits per heavy atom. The number of amides is 4. The molecule has 2 atom stereocenters. The van der Waals surface area contributed by atoms with Crippen molar-refractivity contribution in [3.05, 3.63) is 81.0 Å². The number of rotatable bonds is 6. The van der Waals surface area contributed by atoms with Gasteiger partial charge in [-0.25, -0.2) is 14.6 Å². The summed E-state index contributed by atoms with van der Waals surface area (Å²) in [5, 5.41) is 16.0. The van der Waals surface area contributed by atoms with Crippen LogP contribution < -0.4 is 21.3 Å². The molecule has 0 aliphatic heterocycles. The maximum Gasteiger partial charge on any atom is 0.417 e. The second-order valence-electron chi connectivity index (χ2n) is 9.30. The minimum absolute atomic E-state index is 0.0483. The molecule has 17 heteroatoms. The number of H-pyrrole nitrogens is 1. The summed E-state index contributed by atoms with van der Waals surface area (Å²) in [6.45, 7) is 2.97. The minimum atomic E-state index is -4.67. The number of aromatic nitrogens is 3. The van der Waals surface area contributed by atoms with Crippen LogP contribution in [0.4, 0.5) is 47.6 Å². The van der Waals surface area contributed by atoms with Gasteiger partial charge >= 0.3 is 24.4 Å². The number of aromatic amines is 1. The summed E-state index contributed by atoms with van der Waals surface area (Å²) < 4.78 is 79.0. The molecule has 43 heavy (non-hydrogen) atoms. The van der Waals surface area contributed by atoms with Gasteiger partial charge < -0.3 is 10.6 Å². The molecule has 0 aliphatic rings. The fourth-order valence-corrected chi connectivity index (χ4v) is 4.44. The first-order valence-corrected chi connectivity index (χ1v) is 13.0. The number of fused-ring (bicyclic) bond motifs is 1. The molecule has 4 rings (SSSR count). The van der Waals surface area contributed by atoms with Crippen molar-refractivity contribution in [2.24, 2.45) is 0 Å². The largest absolute Gasteiger partial charge is 0.417 e. The molecule has 0 bridgehead atoms. The molecule has 2 heterocycles. The van der Waals surface area contributed by atoms with Crippen LogP contribution in [-0.2, 0) is 12.4 Å². The van der Waals surface area contributed by atoms with Crippen LogP contribution in [0.2, 0.25) is 10.0 Å². The van der Waals surface area contributed by atoms with Crippen LogP contribution >= 0.6 is 23.2 Å². The highest BCUT2D eigenvalue weighted by Crippen LogP contribution is 2.37. The molecule has 0 radical (unpaired) electrons. The summed E-state index contributed by atoms with van der Waals surface area (Å²) in [7, 11) is 0. The number of carbonyl (C=O) groups is 2. The predicted molar refractivity (Wildman–Crippen MR) is 148 cm³/mol. The molecule has 0 saturated heterocycles. The molecule has 228 valence electrons. The van der Waals surface area contributed by atoms with Crippen LogP contribution in [0, 0.1) is 0 Å². The van der Waals surface area contributed by atoms with E-state index in [1.807, 2.05) is 0 Å². The van der Waals surface area contributed by atoms with Gasteiger partial charge in [0.2, 0.25) is 0 Å². The lowest BCUT2D eigenvalue weighted by atomic mass is 10.0. The van der Waals surface area contributed by atoms with Gasteiger partial charge in [-0.1, -0.05) is 35.3 Å². The van der Waals surface area contributed by atoms with Crippen molar-refractivity contribution in [3.63, 3.8) is 0 Å². The Hall–Kier alpha value is -4.24. The molecule has 2 aromatic carbocycles. The van der Waals surface area contributed by atoms with Crippen LogP contribution in [0.1, 0.15) is 48.2 Å². The van der Waals surface area contributed by atoms with E-state index in [0.29, 0.717) is 10.9 Å². The van der Waals surface area contributed by atoms with Gasteiger partial charge in [0.25, 0.3) is 0 Å². The van der Waals surface area contributed by atoms with E-state index in [4.69, 9.17) is 23.2 Å². The van der Waals surface area contributed by atoms with Gasteiger partial charge in [-0.3, -0.25) is 15.7 Å². The molecule has 2 unspecified atom stereocenters. The Kier molecular flexibility index (Phi) is 8.97. The summed E-state index contributed by atoms with van der Waals surface area (Å²) in [5.74, 6) is 0.105. The smallest absolute Gasteiger partial charge is 0.331 e. The lowest BCUT2D eigenvalue weighted by Gasteiger charge is -2.17. The number of nitrogens with one attached hydrogen (secondary N) is 5. The standard InChI is InChI=1S/C26H21Cl2F6N7O2/c1-11(13-3-5-18(27)16(7-13)25(29,30)31)36-23(42)38-21-9-20-15(10-35-21)22(41-40-20)39-24(43)37-12(2)14-4-6-19(28)17(8-14)26(32,33)34/h3-12H,1-2H3,(H2,35,36,38,42)(H3,37,39,40,41,43). The molecular weight excluding hydrogens is 627 g/mol. The Morgan fingerprint density at radius 3 is 1.77 bits per heavy atom. The third kappa shape index (κ3) is 7.59. The van der Waals surface area contributed by atoms with Crippen molar-refractivity contribution in [1.82, 2.24) is 25.8 Å². The molecular formula is C26H21Cl2F6N7O2. The molecule has 0 saturated carbocycles. The highest BCUT2D eigenvalue weighted by atomic mass is 35.5. The first-order valence-electron chi connectivity index (χ1n) is 12.3. The van der Waals surface area contributed by atoms with Crippen LogP contribution in [0.25, 0.3) is 10.9 Å². The van der Waals surface area contributed by atoms with Crippen molar-refractivity contribution in [1.29, 1.82) is 0 Å². The molecule has 0 spiro atoms. The third-order valence-electron chi connectivity index (χ3n) is 6.21. The normalized spacial score (nSPS) is 13.3. The Balaban J connectivity index is 1.38. The predicted octanol–water partition coefficient (Wildman–Crippen LogP) is 8.07. The first kappa shape index (κ1) is 31.7. The maximum absolute atomic E-state index is 13.2. The van der Waals surface area contributed by atoms with Crippen molar-refractivity contribution in [2.75, 3.05) is 10.6 Å². The third-order valence-corrected chi connectivity index (χ3v) is 6.87. The summed E-state index contributed by atoms with van der Waals surface area (Å²) in [5.41, 5.74) is -1.37. The molecule has 0 fully saturated rings. The van der Waals surface area contributed by atoms with Crippen molar-refractivity contribution < 1.29 is 35.9 Å². The van der Waals surface area contributed by atoms with Crippen molar-refractivity contribution in [2.45, 2.75) is 38.3 Å². The maximum atomic E-state index is 13.2. The Labute approximate surface area is 249 Å².